The van der Waals surface area contributed by atoms with Crippen LogP contribution in [0.5, 0.6) is 0 Å². The summed E-state index contributed by atoms with van der Waals surface area (Å²) in [5.41, 5.74) is -0.627. The van der Waals surface area contributed by atoms with Crippen LogP contribution in [0.15, 0.2) is 6.20 Å². The number of aliphatic hydroxyl groups is 1. The van der Waals surface area contributed by atoms with Crippen LogP contribution in [0, 0.1) is 0 Å². The summed E-state index contributed by atoms with van der Waals surface area (Å²) in [5, 5.41) is 11.2. The van der Waals surface area contributed by atoms with Gasteiger partial charge in [-0.25, -0.2) is 4.98 Å². The van der Waals surface area contributed by atoms with Crippen molar-refractivity contribution in [1.29, 1.82) is 0 Å². The minimum Gasteiger partial charge on any atom is -0.389 e. The zero-order valence-electron chi connectivity index (χ0n) is 11.6. The third-order valence-electron chi connectivity index (χ3n) is 3.46. The molecule has 0 spiro atoms. The maximum absolute atomic E-state index is 9.88. The monoisotopic (exact) mass is 268 g/mol. The Morgan fingerprint density at radius 1 is 1.50 bits per heavy atom. The van der Waals surface area contributed by atoms with E-state index in [0.717, 1.165) is 19.0 Å². The van der Waals surface area contributed by atoms with Crippen LogP contribution in [0.3, 0.4) is 0 Å². The summed E-state index contributed by atoms with van der Waals surface area (Å²) < 4.78 is 0. The number of rotatable bonds is 6. The molecule has 0 saturated heterocycles. The molecule has 0 aliphatic heterocycles. The van der Waals surface area contributed by atoms with Gasteiger partial charge in [0.1, 0.15) is 0 Å². The first-order valence-electron chi connectivity index (χ1n) is 6.87. The number of thiazole rings is 1. The summed E-state index contributed by atoms with van der Waals surface area (Å²) in [6.45, 7) is 8.44. The molecular formula is C14H24N2OS. The van der Waals surface area contributed by atoms with Crippen LogP contribution in [0.2, 0.25) is 0 Å². The molecule has 1 aromatic heterocycles. The number of hydrogen-bond acceptors (Lipinski definition) is 4. The molecule has 0 radical (unpaired) electrons. The van der Waals surface area contributed by atoms with Crippen molar-refractivity contribution < 1.29 is 5.11 Å². The summed E-state index contributed by atoms with van der Waals surface area (Å²) in [6.07, 6.45) is 6.01. The zero-order chi connectivity index (χ0) is 13.2. The minimum atomic E-state index is -0.627. The second-order valence-corrected chi connectivity index (χ2v) is 7.06. The molecule has 3 nitrogen and oxygen atoms in total. The fourth-order valence-corrected chi connectivity index (χ4v) is 3.42. The van der Waals surface area contributed by atoms with Crippen molar-refractivity contribution in [2.45, 2.75) is 58.1 Å². The summed E-state index contributed by atoms with van der Waals surface area (Å²) >= 11 is 1.85. The second-order valence-electron chi connectivity index (χ2n) is 5.91. The first-order valence-corrected chi connectivity index (χ1v) is 7.69. The van der Waals surface area contributed by atoms with Crippen LogP contribution in [0.25, 0.3) is 0 Å². The standard InChI is InChI=1S/C14H24N2OS/c1-4-16(10-14(2,3)17)9-12-8-15-13(18-12)11-6-5-7-11/h8,11,17H,4-7,9-10H2,1-3H3. The molecule has 2 rings (SSSR count). The van der Waals surface area contributed by atoms with Gasteiger partial charge in [-0.1, -0.05) is 13.3 Å². The zero-order valence-corrected chi connectivity index (χ0v) is 12.5. The highest BCUT2D eigenvalue weighted by Gasteiger charge is 2.23. The number of nitrogens with zero attached hydrogens (tertiary/aromatic N) is 2. The Morgan fingerprint density at radius 3 is 2.72 bits per heavy atom. The van der Waals surface area contributed by atoms with E-state index in [1.807, 2.05) is 31.4 Å². The maximum atomic E-state index is 9.88. The molecule has 1 heterocycles. The highest BCUT2D eigenvalue weighted by molar-refractivity contribution is 7.11. The molecule has 0 aromatic carbocycles. The second kappa shape index (κ2) is 5.68. The van der Waals surface area contributed by atoms with Gasteiger partial charge in [0.25, 0.3) is 0 Å². The molecule has 1 aliphatic carbocycles. The summed E-state index contributed by atoms with van der Waals surface area (Å²) in [5.74, 6) is 0.730. The van der Waals surface area contributed by atoms with Gasteiger partial charge < -0.3 is 5.11 Å². The molecule has 0 bridgehead atoms. The Bertz CT molecular complexity index is 379. The molecule has 1 saturated carbocycles. The van der Waals surface area contributed by atoms with Crippen molar-refractivity contribution >= 4 is 11.3 Å². The van der Waals surface area contributed by atoms with E-state index < -0.39 is 5.60 Å². The largest absolute Gasteiger partial charge is 0.389 e. The lowest BCUT2D eigenvalue weighted by molar-refractivity contribution is 0.0356. The molecule has 18 heavy (non-hydrogen) atoms. The summed E-state index contributed by atoms with van der Waals surface area (Å²) in [7, 11) is 0. The SMILES string of the molecule is CCN(Cc1cnc(C2CCC2)s1)CC(C)(C)O. The van der Waals surface area contributed by atoms with Gasteiger partial charge in [0.15, 0.2) is 0 Å². The molecular weight excluding hydrogens is 244 g/mol. The van der Waals surface area contributed by atoms with Crippen LogP contribution >= 0.6 is 11.3 Å². The predicted molar refractivity (Wildman–Crippen MR) is 76.0 cm³/mol. The lowest BCUT2D eigenvalue weighted by Gasteiger charge is -2.27. The molecule has 102 valence electrons. The van der Waals surface area contributed by atoms with Gasteiger partial charge in [-0.2, -0.15) is 0 Å². The van der Waals surface area contributed by atoms with Gasteiger partial charge in [-0.15, -0.1) is 11.3 Å². The van der Waals surface area contributed by atoms with Gasteiger partial charge in [-0.3, -0.25) is 4.90 Å². The molecule has 0 amide bonds. The molecule has 0 atom stereocenters. The first-order chi connectivity index (χ1) is 8.48. The maximum Gasteiger partial charge on any atom is 0.0959 e. The fraction of sp³-hybridized carbons (Fsp3) is 0.786. The molecule has 4 heteroatoms. The van der Waals surface area contributed by atoms with Crippen molar-refractivity contribution in [1.82, 2.24) is 9.88 Å². The lowest BCUT2D eigenvalue weighted by atomic mass is 9.86. The summed E-state index contributed by atoms with van der Waals surface area (Å²) in [4.78, 5) is 8.15. The van der Waals surface area contributed by atoms with E-state index in [1.165, 1.54) is 29.1 Å². The van der Waals surface area contributed by atoms with Gasteiger partial charge in [0.05, 0.1) is 10.6 Å². The quantitative estimate of drug-likeness (QED) is 0.861. The average Bonchev–Trinajstić information content (AvgIpc) is 2.60. The van der Waals surface area contributed by atoms with E-state index in [0.29, 0.717) is 6.54 Å². The van der Waals surface area contributed by atoms with Crippen molar-refractivity contribution in [3.8, 4) is 0 Å². The Hall–Kier alpha value is -0.450. The van der Waals surface area contributed by atoms with Crippen molar-refractivity contribution in [3.63, 3.8) is 0 Å². The van der Waals surface area contributed by atoms with Crippen LogP contribution < -0.4 is 0 Å². The Morgan fingerprint density at radius 2 is 2.22 bits per heavy atom. The Balaban J connectivity index is 1.92. The molecule has 1 aromatic rings. The molecule has 0 unspecified atom stereocenters. The van der Waals surface area contributed by atoms with Gasteiger partial charge >= 0.3 is 0 Å². The number of aromatic nitrogens is 1. The van der Waals surface area contributed by atoms with Gasteiger partial charge in [0, 0.05) is 30.1 Å². The van der Waals surface area contributed by atoms with E-state index in [4.69, 9.17) is 0 Å². The van der Waals surface area contributed by atoms with Crippen molar-refractivity contribution in [3.05, 3.63) is 16.1 Å². The topological polar surface area (TPSA) is 36.4 Å². The lowest BCUT2D eigenvalue weighted by Crippen LogP contribution is -2.37. The number of hydrogen-bond donors (Lipinski definition) is 1. The number of likely N-dealkylation sites (N-methyl/N-ethyl adjacent to an activating group) is 1. The Labute approximate surface area is 114 Å². The Kier molecular flexibility index (Phi) is 4.41. The molecule has 1 N–H and O–H groups in total. The first kappa shape index (κ1) is 14.0. The minimum absolute atomic E-state index is 0.627. The average molecular weight is 268 g/mol. The van der Waals surface area contributed by atoms with Crippen LogP contribution in [-0.2, 0) is 6.54 Å². The van der Waals surface area contributed by atoms with Crippen molar-refractivity contribution in [2.75, 3.05) is 13.1 Å². The third-order valence-corrected chi connectivity index (χ3v) is 4.61. The van der Waals surface area contributed by atoms with Gasteiger partial charge in [-0.05, 0) is 33.2 Å². The van der Waals surface area contributed by atoms with E-state index in [-0.39, 0.29) is 0 Å². The van der Waals surface area contributed by atoms with Crippen LogP contribution in [0.1, 0.15) is 55.8 Å². The van der Waals surface area contributed by atoms with E-state index >= 15 is 0 Å². The summed E-state index contributed by atoms with van der Waals surface area (Å²) in [6, 6.07) is 0. The third kappa shape index (κ3) is 3.77. The van der Waals surface area contributed by atoms with E-state index in [9.17, 15) is 5.11 Å². The normalized spacial score (nSPS) is 17.2. The highest BCUT2D eigenvalue weighted by atomic mass is 32.1. The smallest absolute Gasteiger partial charge is 0.0959 e. The highest BCUT2D eigenvalue weighted by Crippen LogP contribution is 2.38. The van der Waals surface area contributed by atoms with Gasteiger partial charge in [0.2, 0.25) is 0 Å². The van der Waals surface area contributed by atoms with E-state index in [1.54, 1.807) is 0 Å². The van der Waals surface area contributed by atoms with Crippen molar-refractivity contribution in [2.24, 2.45) is 0 Å². The van der Waals surface area contributed by atoms with Crippen LogP contribution in [0.4, 0.5) is 0 Å². The van der Waals surface area contributed by atoms with Crippen LogP contribution in [-0.4, -0.2) is 33.7 Å². The molecule has 1 aliphatic rings. The molecule has 1 fully saturated rings. The van der Waals surface area contributed by atoms with E-state index in [2.05, 4.69) is 16.8 Å². The predicted octanol–water partition coefficient (Wildman–Crippen LogP) is 3.00. The fourth-order valence-electron chi connectivity index (χ4n) is 2.29.